The second-order valence-electron chi connectivity index (χ2n) is 4.31. The zero-order valence-electron chi connectivity index (χ0n) is 11.2. The number of urea groups is 1. The SMILES string of the molecule is NCCn1cnc(C(=O)Nc2ccc(NC(N)=O)cc2)c1. The number of hydrogen-bond acceptors (Lipinski definition) is 4. The molecule has 0 unspecified atom stereocenters. The Kier molecular flexibility index (Phi) is 4.52. The maximum atomic E-state index is 12.0. The molecule has 0 spiro atoms. The molecular weight excluding hydrogens is 272 g/mol. The monoisotopic (exact) mass is 288 g/mol. The number of rotatable bonds is 5. The van der Waals surface area contributed by atoms with Crippen LogP contribution in [0.5, 0.6) is 0 Å². The van der Waals surface area contributed by atoms with E-state index in [1.165, 1.54) is 0 Å². The highest BCUT2D eigenvalue weighted by atomic mass is 16.2. The maximum absolute atomic E-state index is 12.0. The van der Waals surface area contributed by atoms with Gasteiger partial charge in [0.15, 0.2) is 0 Å². The Morgan fingerprint density at radius 2 is 1.76 bits per heavy atom. The number of primary amides is 1. The smallest absolute Gasteiger partial charge is 0.316 e. The van der Waals surface area contributed by atoms with Gasteiger partial charge in [0.1, 0.15) is 5.69 Å². The average molecular weight is 288 g/mol. The van der Waals surface area contributed by atoms with Gasteiger partial charge in [0.25, 0.3) is 5.91 Å². The number of nitrogens with zero attached hydrogens (tertiary/aromatic N) is 2. The lowest BCUT2D eigenvalue weighted by Gasteiger charge is -2.05. The average Bonchev–Trinajstić information content (AvgIpc) is 2.89. The lowest BCUT2D eigenvalue weighted by molar-refractivity contribution is 0.102. The summed E-state index contributed by atoms with van der Waals surface area (Å²) in [6.07, 6.45) is 3.19. The Morgan fingerprint density at radius 1 is 1.14 bits per heavy atom. The van der Waals surface area contributed by atoms with Crippen molar-refractivity contribution in [1.82, 2.24) is 9.55 Å². The highest BCUT2D eigenvalue weighted by Gasteiger charge is 2.09. The second-order valence-corrected chi connectivity index (χ2v) is 4.31. The zero-order chi connectivity index (χ0) is 15.2. The number of anilines is 2. The fourth-order valence-corrected chi connectivity index (χ4v) is 1.72. The fraction of sp³-hybridized carbons (Fsp3) is 0.154. The van der Waals surface area contributed by atoms with Gasteiger partial charge in [-0.1, -0.05) is 0 Å². The van der Waals surface area contributed by atoms with E-state index < -0.39 is 6.03 Å². The maximum Gasteiger partial charge on any atom is 0.316 e. The largest absolute Gasteiger partial charge is 0.351 e. The fourth-order valence-electron chi connectivity index (χ4n) is 1.72. The van der Waals surface area contributed by atoms with Crippen molar-refractivity contribution in [1.29, 1.82) is 0 Å². The van der Waals surface area contributed by atoms with Crippen molar-refractivity contribution in [2.45, 2.75) is 6.54 Å². The van der Waals surface area contributed by atoms with Gasteiger partial charge in [-0.15, -0.1) is 0 Å². The van der Waals surface area contributed by atoms with Crippen LogP contribution in [0.4, 0.5) is 16.2 Å². The molecule has 2 rings (SSSR count). The second kappa shape index (κ2) is 6.53. The molecule has 0 saturated heterocycles. The van der Waals surface area contributed by atoms with Crippen molar-refractivity contribution < 1.29 is 9.59 Å². The van der Waals surface area contributed by atoms with Gasteiger partial charge < -0.3 is 26.7 Å². The minimum absolute atomic E-state index is 0.308. The molecule has 1 aromatic carbocycles. The van der Waals surface area contributed by atoms with Crippen molar-refractivity contribution in [3.8, 4) is 0 Å². The summed E-state index contributed by atoms with van der Waals surface area (Å²) in [5.41, 5.74) is 11.9. The van der Waals surface area contributed by atoms with Crippen molar-refractivity contribution in [2.75, 3.05) is 17.2 Å². The molecule has 0 bridgehead atoms. The third kappa shape index (κ3) is 4.05. The van der Waals surface area contributed by atoms with Crippen LogP contribution in [0.15, 0.2) is 36.8 Å². The van der Waals surface area contributed by atoms with E-state index in [1.807, 2.05) is 0 Å². The van der Waals surface area contributed by atoms with Crippen LogP contribution in [0.1, 0.15) is 10.5 Å². The van der Waals surface area contributed by atoms with E-state index in [4.69, 9.17) is 11.5 Å². The van der Waals surface area contributed by atoms with E-state index in [0.717, 1.165) is 0 Å². The normalized spacial score (nSPS) is 10.1. The number of nitrogens with one attached hydrogen (secondary N) is 2. The van der Waals surface area contributed by atoms with Crippen molar-refractivity contribution in [3.05, 3.63) is 42.5 Å². The first-order valence-electron chi connectivity index (χ1n) is 6.28. The van der Waals surface area contributed by atoms with E-state index >= 15 is 0 Å². The van der Waals surface area contributed by atoms with E-state index in [-0.39, 0.29) is 5.91 Å². The molecule has 3 amide bonds. The standard InChI is InChI=1S/C13H16N6O2/c14-5-6-19-7-11(16-8-19)12(20)17-9-1-3-10(4-2-9)18-13(15)21/h1-4,7-8H,5-6,14H2,(H,17,20)(H3,15,18,21). The van der Waals surface area contributed by atoms with Crippen LogP contribution < -0.4 is 22.1 Å². The summed E-state index contributed by atoms with van der Waals surface area (Å²) in [6.45, 7) is 1.08. The number of amides is 3. The molecule has 6 N–H and O–H groups in total. The quantitative estimate of drug-likeness (QED) is 0.641. The topological polar surface area (TPSA) is 128 Å². The van der Waals surface area contributed by atoms with Crippen LogP contribution in [0.3, 0.4) is 0 Å². The summed E-state index contributed by atoms with van der Waals surface area (Å²) in [5, 5.41) is 5.14. The Hall–Kier alpha value is -2.87. The number of hydrogen-bond donors (Lipinski definition) is 4. The van der Waals surface area contributed by atoms with E-state index in [0.29, 0.717) is 30.2 Å². The molecule has 0 radical (unpaired) electrons. The number of aromatic nitrogens is 2. The summed E-state index contributed by atoms with van der Waals surface area (Å²) >= 11 is 0. The minimum Gasteiger partial charge on any atom is -0.351 e. The summed E-state index contributed by atoms with van der Waals surface area (Å²) < 4.78 is 1.74. The summed E-state index contributed by atoms with van der Waals surface area (Å²) in [6, 6.07) is 5.93. The zero-order valence-corrected chi connectivity index (χ0v) is 11.2. The first kappa shape index (κ1) is 14.5. The van der Waals surface area contributed by atoms with Gasteiger partial charge in [0, 0.05) is 30.7 Å². The molecule has 21 heavy (non-hydrogen) atoms. The molecule has 1 heterocycles. The van der Waals surface area contributed by atoms with Crippen molar-refractivity contribution in [2.24, 2.45) is 11.5 Å². The van der Waals surface area contributed by atoms with Crippen LogP contribution in [-0.4, -0.2) is 28.0 Å². The molecular formula is C13H16N6O2. The third-order valence-electron chi connectivity index (χ3n) is 2.66. The Balaban J connectivity index is 1.99. The molecule has 0 atom stereocenters. The minimum atomic E-state index is -0.641. The molecule has 0 aliphatic carbocycles. The molecule has 8 nitrogen and oxygen atoms in total. The number of benzene rings is 1. The summed E-state index contributed by atoms with van der Waals surface area (Å²) in [5.74, 6) is -0.318. The predicted octanol–water partition coefficient (Wildman–Crippen LogP) is 0.585. The lowest BCUT2D eigenvalue weighted by atomic mass is 10.2. The molecule has 0 aliphatic heterocycles. The van der Waals surface area contributed by atoms with Gasteiger partial charge in [-0.05, 0) is 24.3 Å². The first-order valence-corrected chi connectivity index (χ1v) is 6.28. The van der Waals surface area contributed by atoms with Crippen molar-refractivity contribution >= 4 is 23.3 Å². The third-order valence-corrected chi connectivity index (χ3v) is 2.66. The molecule has 8 heteroatoms. The van der Waals surface area contributed by atoms with E-state index in [2.05, 4.69) is 15.6 Å². The molecule has 2 aromatic rings. The van der Waals surface area contributed by atoms with Crippen LogP contribution >= 0.6 is 0 Å². The Morgan fingerprint density at radius 3 is 2.33 bits per heavy atom. The lowest BCUT2D eigenvalue weighted by Crippen LogP contribution is -2.19. The van der Waals surface area contributed by atoms with Crippen LogP contribution in [0.25, 0.3) is 0 Å². The first-order chi connectivity index (χ1) is 10.1. The van der Waals surface area contributed by atoms with E-state index in [1.54, 1.807) is 41.4 Å². The van der Waals surface area contributed by atoms with Gasteiger partial charge in [0.2, 0.25) is 0 Å². The highest BCUT2D eigenvalue weighted by molar-refractivity contribution is 6.02. The van der Waals surface area contributed by atoms with Gasteiger partial charge in [-0.2, -0.15) is 0 Å². The van der Waals surface area contributed by atoms with Gasteiger partial charge >= 0.3 is 6.03 Å². The van der Waals surface area contributed by atoms with Gasteiger partial charge in [0.05, 0.1) is 6.33 Å². The Bertz CT molecular complexity index is 634. The summed E-state index contributed by atoms with van der Waals surface area (Å²) in [4.78, 5) is 26.7. The number of carbonyl (C=O) groups excluding carboxylic acids is 2. The van der Waals surface area contributed by atoms with Gasteiger partial charge in [-0.3, -0.25) is 4.79 Å². The Labute approximate surface area is 121 Å². The molecule has 0 saturated carbocycles. The molecule has 0 aliphatic rings. The van der Waals surface area contributed by atoms with Crippen LogP contribution in [-0.2, 0) is 6.54 Å². The van der Waals surface area contributed by atoms with E-state index in [9.17, 15) is 9.59 Å². The summed E-state index contributed by atoms with van der Waals surface area (Å²) in [7, 11) is 0. The van der Waals surface area contributed by atoms with Crippen molar-refractivity contribution in [3.63, 3.8) is 0 Å². The predicted molar refractivity (Wildman–Crippen MR) is 78.9 cm³/mol. The number of imidazole rings is 1. The molecule has 0 fully saturated rings. The van der Waals surface area contributed by atoms with Gasteiger partial charge in [-0.25, -0.2) is 9.78 Å². The van der Waals surface area contributed by atoms with Crippen LogP contribution in [0.2, 0.25) is 0 Å². The molecule has 1 aromatic heterocycles. The highest BCUT2D eigenvalue weighted by Crippen LogP contribution is 2.14. The van der Waals surface area contributed by atoms with Crippen LogP contribution in [0, 0.1) is 0 Å². The molecule has 110 valence electrons. The number of nitrogens with two attached hydrogens (primary N) is 2. The number of carbonyl (C=O) groups is 2.